The summed E-state index contributed by atoms with van der Waals surface area (Å²) >= 11 is 18.6. The lowest BCUT2D eigenvalue weighted by Crippen LogP contribution is -2.55. The first-order valence-electron chi connectivity index (χ1n) is 13.1. The minimum Gasteiger partial charge on any atom is -0.497 e. The summed E-state index contributed by atoms with van der Waals surface area (Å²) in [5.74, 6) is -0.506. The molecular weight excluding hydrogens is 621 g/mol. The van der Waals surface area contributed by atoms with Gasteiger partial charge in [-0.1, -0.05) is 47.8 Å². The number of carbonyl (C=O) groups is 2. The Labute approximate surface area is 262 Å². The van der Waals surface area contributed by atoms with Crippen LogP contribution in [0.25, 0.3) is 0 Å². The molecule has 8 nitrogen and oxygen atoms in total. The number of ether oxygens (including phenoxy) is 1. The molecular formula is C30H34Cl3N3O5S. The first kappa shape index (κ1) is 33.5. The number of nitrogens with zero attached hydrogens (tertiary/aromatic N) is 2. The summed E-state index contributed by atoms with van der Waals surface area (Å²) in [6, 6.07) is 15.9. The third-order valence-corrected chi connectivity index (χ3v) is 8.91. The number of anilines is 1. The van der Waals surface area contributed by atoms with Crippen LogP contribution in [-0.4, -0.2) is 50.4 Å². The molecule has 0 fully saturated rings. The molecule has 0 aliphatic heterocycles. The average Bonchev–Trinajstić information content (AvgIpc) is 2.92. The minimum absolute atomic E-state index is 0.0455. The molecule has 2 amide bonds. The molecule has 12 heteroatoms. The highest BCUT2D eigenvalue weighted by molar-refractivity contribution is 7.92. The third kappa shape index (κ3) is 8.53. The molecule has 0 unspecified atom stereocenters. The van der Waals surface area contributed by atoms with Crippen molar-refractivity contribution in [3.8, 4) is 5.75 Å². The monoisotopic (exact) mass is 653 g/mol. The molecule has 0 aliphatic carbocycles. The van der Waals surface area contributed by atoms with E-state index in [1.54, 1.807) is 25.1 Å². The third-order valence-electron chi connectivity index (χ3n) is 6.28. The summed E-state index contributed by atoms with van der Waals surface area (Å²) in [7, 11) is -2.77. The Balaban J connectivity index is 2.09. The van der Waals surface area contributed by atoms with Gasteiger partial charge >= 0.3 is 0 Å². The Morgan fingerprint density at radius 2 is 1.52 bits per heavy atom. The van der Waals surface area contributed by atoms with Gasteiger partial charge in [0, 0.05) is 27.2 Å². The Bertz CT molecular complexity index is 1510. The van der Waals surface area contributed by atoms with Gasteiger partial charge in [-0.25, -0.2) is 8.42 Å². The molecule has 0 aliphatic rings. The molecule has 0 bridgehead atoms. The van der Waals surface area contributed by atoms with Gasteiger partial charge in [0.2, 0.25) is 11.8 Å². The van der Waals surface area contributed by atoms with E-state index >= 15 is 0 Å². The summed E-state index contributed by atoms with van der Waals surface area (Å²) in [5, 5.41) is 4.05. The number of sulfonamides is 1. The van der Waals surface area contributed by atoms with Crippen molar-refractivity contribution in [1.82, 2.24) is 10.2 Å². The Morgan fingerprint density at radius 1 is 0.929 bits per heavy atom. The van der Waals surface area contributed by atoms with Crippen LogP contribution in [0.4, 0.5) is 5.69 Å². The van der Waals surface area contributed by atoms with E-state index in [0.717, 1.165) is 4.31 Å². The molecule has 226 valence electrons. The van der Waals surface area contributed by atoms with E-state index in [0.29, 0.717) is 26.4 Å². The maximum absolute atomic E-state index is 14.1. The largest absolute Gasteiger partial charge is 0.497 e. The molecule has 1 atom stereocenters. The summed E-state index contributed by atoms with van der Waals surface area (Å²) in [4.78, 5) is 28.9. The number of nitrogens with one attached hydrogen (secondary N) is 1. The second kappa shape index (κ2) is 14.0. The topological polar surface area (TPSA) is 96.0 Å². The lowest BCUT2D eigenvalue weighted by atomic mass is 10.1. The van der Waals surface area contributed by atoms with Crippen LogP contribution < -0.4 is 14.4 Å². The van der Waals surface area contributed by atoms with Crippen molar-refractivity contribution in [3.05, 3.63) is 87.4 Å². The maximum Gasteiger partial charge on any atom is 0.264 e. The van der Waals surface area contributed by atoms with Gasteiger partial charge in [0.25, 0.3) is 10.0 Å². The van der Waals surface area contributed by atoms with Crippen molar-refractivity contribution in [2.24, 2.45) is 0 Å². The predicted molar refractivity (Wildman–Crippen MR) is 168 cm³/mol. The first-order chi connectivity index (χ1) is 19.7. The van der Waals surface area contributed by atoms with Gasteiger partial charge in [0.1, 0.15) is 18.3 Å². The first-order valence-corrected chi connectivity index (χ1v) is 15.7. The number of amides is 2. The number of hydrogen-bond donors (Lipinski definition) is 1. The van der Waals surface area contributed by atoms with Crippen LogP contribution in [0.3, 0.4) is 0 Å². The van der Waals surface area contributed by atoms with Crippen molar-refractivity contribution >= 4 is 62.3 Å². The number of rotatable bonds is 11. The van der Waals surface area contributed by atoms with E-state index in [1.165, 1.54) is 60.5 Å². The molecule has 3 aromatic rings. The Morgan fingerprint density at radius 3 is 2.05 bits per heavy atom. The molecule has 1 N–H and O–H groups in total. The van der Waals surface area contributed by atoms with Crippen molar-refractivity contribution in [2.45, 2.75) is 57.1 Å². The molecule has 42 heavy (non-hydrogen) atoms. The van der Waals surface area contributed by atoms with Crippen LogP contribution in [-0.2, 0) is 26.2 Å². The van der Waals surface area contributed by atoms with E-state index < -0.39 is 34.1 Å². The standard InChI is InChI=1S/C30H34Cl3N3O5S/c1-6-27(29(38)34-30(2,3)4)35(18-20-7-8-22(32)17-26(20)33)28(37)19-36(23-11-9-21(31)10-12-23)42(39,40)25-15-13-24(41-5)14-16-25/h7-17,27H,6,18-19H2,1-5H3,(H,34,38)/t27-/m1/s1. The Kier molecular flexibility index (Phi) is 11.2. The van der Waals surface area contributed by atoms with Crippen LogP contribution in [0.1, 0.15) is 39.7 Å². The minimum atomic E-state index is -4.25. The van der Waals surface area contributed by atoms with Gasteiger partial charge in [0.15, 0.2) is 0 Å². The van der Waals surface area contributed by atoms with Crippen LogP contribution in [0.15, 0.2) is 71.6 Å². The van der Waals surface area contributed by atoms with Crippen molar-refractivity contribution in [3.63, 3.8) is 0 Å². The fourth-order valence-corrected chi connectivity index (χ4v) is 6.23. The summed E-state index contributed by atoms with van der Waals surface area (Å²) in [5.41, 5.74) is 0.206. The smallest absolute Gasteiger partial charge is 0.264 e. The summed E-state index contributed by atoms with van der Waals surface area (Å²) in [6.45, 7) is 6.64. The fraction of sp³-hybridized carbons (Fsp3) is 0.333. The zero-order valence-corrected chi connectivity index (χ0v) is 27.1. The highest BCUT2D eigenvalue weighted by atomic mass is 35.5. The van der Waals surface area contributed by atoms with Crippen molar-refractivity contribution in [2.75, 3.05) is 18.0 Å². The number of carbonyl (C=O) groups excluding carboxylic acids is 2. The number of benzene rings is 3. The summed E-state index contributed by atoms with van der Waals surface area (Å²) in [6.07, 6.45) is 0.269. The van der Waals surface area contributed by atoms with Crippen LogP contribution in [0, 0.1) is 0 Å². The normalized spacial score (nSPS) is 12.4. The zero-order valence-electron chi connectivity index (χ0n) is 24.0. The van der Waals surface area contributed by atoms with Gasteiger partial charge in [0.05, 0.1) is 17.7 Å². The molecule has 3 aromatic carbocycles. The van der Waals surface area contributed by atoms with Crippen molar-refractivity contribution < 1.29 is 22.7 Å². The fourth-order valence-electron chi connectivity index (χ4n) is 4.22. The molecule has 0 saturated heterocycles. The lowest BCUT2D eigenvalue weighted by Gasteiger charge is -2.35. The quantitative estimate of drug-likeness (QED) is 0.252. The maximum atomic E-state index is 14.1. The molecule has 3 rings (SSSR count). The van der Waals surface area contributed by atoms with Gasteiger partial charge in [-0.2, -0.15) is 0 Å². The molecule has 0 radical (unpaired) electrons. The van der Waals surface area contributed by atoms with Crippen LogP contribution >= 0.6 is 34.8 Å². The second-order valence-electron chi connectivity index (χ2n) is 10.6. The highest BCUT2D eigenvalue weighted by Crippen LogP contribution is 2.28. The van der Waals surface area contributed by atoms with E-state index in [-0.39, 0.29) is 29.5 Å². The lowest BCUT2D eigenvalue weighted by molar-refractivity contribution is -0.141. The van der Waals surface area contributed by atoms with Crippen LogP contribution in [0.2, 0.25) is 15.1 Å². The molecule has 0 aromatic heterocycles. The van der Waals surface area contributed by atoms with Gasteiger partial charge in [-0.05, 0) is 93.4 Å². The molecule has 0 heterocycles. The number of hydrogen-bond acceptors (Lipinski definition) is 5. The highest BCUT2D eigenvalue weighted by Gasteiger charge is 2.35. The SMILES string of the molecule is CC[C@H](C(=O)NC(C)(C)C)N(Cc1ccc(Cl)cc1Cl)C(=O)CN(c1ccc(Cl)cc1)S(=O)(=O)c1ccc(OC)cc1. The van der Waals surface area contributed by atoms with Crippen LogP contribution in [0.5, 0.6) is 5.75 Å². The van der Waals surface area contributed by atoms with E-state index in [4.69, 9.17) is 39.5 Å². The summed E-state index contributed by atoms with van der Waals surface area (Å²) < 4.78 is 34.1. The van der Waals surface area contributed by atoms with E-state index in [9.17, 15) is 18.0 Å². The Hall–Kier alpha value is -2.98. The van der Waals surface area contributed by atoms with Gasteiger partial charge in [-0.15, -0.1) is 0 Å². The van der Waals surface area contributed by atoms with Gasteiger partial charge < -0.3 is 15.0 Å². The van der Waals surface area contributed by atoms with Crippen molar-refractivity contribution in [1.29, 1.82) is 0 Å². The number of halogens is 3. The van der Waals surface area contributed by atoms with E-state index in [1.807, 2.05) is 20.8 Å². The number of methoxy groups -OCH3 is 1. The zero-order chi connectivity index (χ0) is 31.2. The average molecular weight is 655 g/mol. The molecule has 0 spiro atoms. The van der Waals surface area contributed by atoms with Gasteiger partial charge in [-0.3, -0.25) is 13.9 Å². The predicted octanol–water partition coefficient (Wildman–Crippen LogP) is 6.57. The second-order valence-corrected chi connectivity index (χ2v) is 13.7. The van der Waals surface area contributed by atoms with E-state index in [2.05, 4.69) is 5.32 Å². The molecule has 0 saturated carbocycles.